The molecule has 0 aliphatic heterocycles. The maximum Gasteiger partial charge on any atom is 0.260 e. The number of hydrogen-bond donors (Lipinski definition) is 3. The zero-order valence-electron chi connectivity index (χ0n) is 11.4. The van der Waals surface area contributed by atoms with Crippen molar-refractivity contribution in [2.75, 3.05) is 11.7 Å². The zero-order chi connectivity index (χ0) is 14.6. The average Bonchev–Trinajstić information content (AvgIpc) is 2.47. The van der Waals surface area contributed by atoms with E-state index in [0.29, 0.717) is 10.9 Å². The van der Waals surface area contributed by atoms with E-state index in [9.17, 15) is 8.42 Å². The monoisotopic (exact) mass is 316 g/mol. The smallest absolute Gasteiger partial charge is 0.260 e. The van der Waals surface area contributed by atoms with E-state index in [4.69, 9.17) is 5.84 Å². The minimum atomic E-state index is -3.64. The van der Waals surface area contributed by atoms with E-state index < -0.39 is 10.0 Å². The Kier molecular flexibility index (Phi) is 5.25. The summed E-state index contributed by atoms with van der Waals surface area (Å²) in [7, 11) is -3.64. The number of aromatic nitrogens is 1. The van der Waals surface area contributed by atoms with E-state index in [1.807, 2.05) is 11.8 Å². The van der Waals surface area contributed by atoms with Gasteiger partial charge in [0.05, 0.1) is 5.69 Å². The second kappa shape index (κ2) is 6.75. The highest BCUT2D eigenvalue weighted by molar-refractivity contribution is 7.99. The number of rotatable bonds is 5. The van der Waals surface area contributed by atoms with Crippen LogP contribution in [-0.4, -0.2) is 30.9 Å². The van der Waals surface area contributed by atoms with Crippen LogP contribution in [-0.2, 0) is 10.0 Å². The Morgan fingerprint density at radius 1 is 1.35 bits per heavy atom. The van der Waals surface area contributed by atoms with Gasteiger partial charge in [-0.2, -0.15) is 11.8 Å². The number of sulfonamides is 1. The maximum absolute atomic E-state index is 12.4. The van der Waals surface area contributed by atoms with Crippen LogP contribution in [0.25, 0.3) is 0 Å². The fourth-order valence-electron chi connectivity index (χ4n) is 2.41. The molecule has 0 unspecified atom stereocenters. The highest BCUT2D eigenvalue weighted by atomic mass is 32.2. The molecule has 1 saturated carbocycles. The molecule has 1 fully saturated rings. The molecule has 2 rings (SSSR count). The van der Waals surface area contributed by atoms with Gasteiger partial charge in [0.15, 0.2) is 5.03 Å². The third kappa shape index (κ3) is 3.63. The number of nitrogen functional groups attached to an aromatic ring is 1. The van der Waals surface area contributed by atoms with Crippen LogP contribution in [0.3, 0.4) is 0 Å². The number of nitrogens with one attached hydrogen (secondary N) is 2. The van der Waals surface area contributed by atoms with Gasteiger partial charge in [0.2, 0.25) is 0 Å². The molecule has 1 aromatic heterocycles. The second-order valence-corrected chi connectivity index (χ2v) is 7.60. The van der Waals surface area contributed by atoms with Crippen molar-refractivity contribution in [1.29, 1.82) is 0 Å². The Hall–Kier alpha value is -0.830. The fourth-order valence-corrected chi connectivity index (χ4v) is 4.55. The molecule has 112 valence electrons. The summed E-state index contributed by atoms with van der Waals surface area (Å²) in [5.41, 5.74) is 2.67. The van der Waals surface area contributed by atoms with Crippen molar-refractivity contribution in [3.63, 3.8) is 0 Å². The van der Waals surface area contributed by atoms with Crippen LogP contribution in [0.15, 0.2) is 23.4 Å². The summed E-state index contributed by atoms with van der Waals surface area (Å²) in [5, 5.41) is 0.598. The lowest BCUT2D eigenvalue weighted by Crippen LogP contribution is -2.38. The zero-order valence-corrected chi connectivity index (χ0v) is 13.0. The summed E-state index contributed by atoms with van der Waals surface area (Å²) in [5.74, 6) is 5.33. The van der Waals surface area contributed by atoms with Crippen LogP contribution < -0.4 is 16.0 Å². The number of thioether (sulfide) groups is 1. The Bertz CT molecular complexity index is 542. The number of nitrogens with zero attached hydrogens (tertiary/aromatic N) is 1. The first-order chi connectivity index (χ1) is 9.56. The minimum Gasteiger partial charge on any atom is -0.321 e. The van der Waals surface area contributed by atoms with Gasteiger partial charge < -0.3 is 5.43 Å². The van der Waals surface area contributed by atoms with Gasteiger partial charge in [0.25, 0.3) is 10.0 Å². The molecule has 0 amide bonds. The lowest BCUT2D eigenvalue weighted by Gasteiger charge is -2.27. The molecule has 4 N–H and O–H groups in total. The molecular formula is C12H20N4O2S2. The molecule has 20 heavy (non-hydrogen) atoms. The molecule has 6 nitrogen and oxygen atoms in total. The maximum atomic E-state index is 12.4. The van der Waals surface area contributed by atoms with Gasteiger partial charge >= 0.3 is 0 Å². The van der Waals surface area contributed by atoms with E-state index in [2.05, 4.69) is 21.4 Å². The summed E-state index contributed by atoms with van der Waals surface area (Å²) in [4.78, 5) is 3.92. The summed E-state index contributed by atoms with van der Waals surface area (Å²) < 4.78 is 27.4. The first kappa shape index (κ1) is 15.6. The third-order valence-electron chi connectivity index (χ3n) is 3.51. The van der Waals surface area contributed by atoms with E-state index in [-0.39, 0.29) is 11.1 Å². The summed E-state index contributed by atoms with van der Waals surface area (Å²) in [6, 6.07) is 3.21. The highest BCUT2D eigenvalue weighted by Crippen LogP contribution is 2.28. The van der Waals surface area contributed by atoms with Gasteiger partial charge in [-0.15, -0.1) is 0 Å². The molecule has 0 bridgehead atoms. The predicted molar refractivity (Wildman–Crippen MR) is 81.9 cm³/mol. The largest absolute Gasteiger partial charge is 0.321 e. The molecule has 0 spiro atoms. The normalized spacial score (nSPS) is 23.5. The fraction of sp³-hybridized carbons (Fsp3) is 0.583. The Morgan fingerprint density at radius 2 is 2.05 bits per heavy atom. The number of hydrazine groups is 1. The van der Waals surface area contributed by atoms with Gasteiger partial charge in [-0.1, -0.05) is 0 Å². The topological polar surface area (TPSA) is 97.1 Å². The first-order valence-corrected chi connectivity index (χ1v) is 9.30. The molecular weight excluding hydrogens is 296 g/mol. The molecule has 0 aromatic carbocycles. The molecule has 1 aromatic rings. The van der Waals surface area contributed by atoms with Crippen LogP contribution in [0.2, 0.25) is 0 Å². The lowest BCUT2D eigenvalue weighted by atomic mass is 9.96. The van der Waals surface area contributed by atoms with Crippen molar-refractivity contribution in [1.82, 2.24) is 9.71 Å². The Morgan fingerprint density at radius 3 is 2.65 bits per heavy atom. The van der Waals surface area contributed by atoms with Crippen molar-refractivity contribution in [3.8, 4) is 0 Å². The molecule has 0 radical (unpaired) electrons. The van der Waals surface area contributed by atoms with Gasteiger partial charge in [0.1, 0.15) is 0 Å². The Labute approximate surface area is 123 Å². The van der Waals surface area contributed by atoms with Crippen LogP contribution in [0.4, 0.5) is 5.69 Å². The minimum absolute atomic E-state index is 0.0176. The van der Waals surface area contributed by atoms with Crippen molar-refractivity contribution in [3.05, 3.63) is 18.3 Å². The van der Waals surface area contributed by atoms with Crippen molar-refractivity contribution in [2.45, 2.75) is 42.0 Å². The van der Waals surface area contributed by atoms with E-state index in [0.717, 1.165) is 25.7 Å². The van der Waals surface area contributed by atoms with Crippen molar-refractivity contribution < 1.29 is 8.42 Å². The Balaban J connectivity index is 2.08. The quantitative estimate of drug-likeness (QED) is 0.560. The first-order valence-electron chi connectivity index (χ1n) is 6.53. The SMILES string of the molecule is CSC1CCC(NS(=O)(=O)c2ncccc2NN)CC1. The number of anilines is 1. The van der Waals surface area contributed by atoms with Crippen LogP contribution in [0.1, 0.15) is 25.7 Å². The van der Waals surface area contributed by atoms with Gasteiger partial charge in [-0.3, -0.25) is 5.84 Å². The van der Waals surface area contributed by atoms with Gasteiger partial charge in [0, 0.05) is 17.5 Å². The number of pyridine rings is 1. The van der Waals surface area contributed by atoms with Crippen molar-refractivity contribution in [2.24, 2.45) is 5.84 Å². The van der Waals surface area contributed by atoms with E-state index >= 15 is 0 Å². The van der Waals surface area contributed by atoms with Gasteiger partial charge in [-0.05, 0) is 44.1 Å². The number of nitrogens with two attached hydrogens (primary N) is 1. The van der Waals surface area contributed by atoms with Crippen LogP contribution >= 0.6 is 11.8 Å². The van der Waals surface area contributed by atoms with Gasteiger partial charge in [-0.25, -0.2) is 18.1 Å². The van der Waals surface area contributed by atoms with E-state index in [1.54, 1.807) is 12.1 Å². The molecule has 0 saturated heterocycles. The van der Waals surface area contributed by atoms with Crippen LogP contribution in [0.5, 0.6) is 0 Å². The summed E-state index contributed by atoms with van der Waals surface area (Å²) in [6.45, 7) is 0. The molecule has 1 aliphatic carbocycles. The van der Waals surface area contributed by atoms with E-state index in [1.165, 1.54) is 6.20 Å². The number of hydrogen-bond acceptors (Lipinski definition) is 6. The van der Waals surface area contributed by atoms with Crippen molar-refractivity contribution >= 4 is 27.5 Å². The average molecular weight is 316 g/mol. The molecule has 8 heteroatoms. The lowest BCUT2D eigenvalue weighted by molar-refractivity contribution is 0.419. The highest BCUT2D eigenvalue weighted by Gasteiger charge is 2.27. The molecule has 0 atom stereocenters. The standard InChI is InChI=1S/C12H20N4O2S2/c1-19-10-6-4-9(5-7-10)16-20(17,18)12-11(15-13)3-2-8-14-12/h2-3,8-10,15-16H,4-7,13H2,1H3. The summed E-state index contributed by atoms with van der Waals surface area (Å²) >= 11 is 1.85. The summed E-state index contributed by atoms with van der Waals surface area (Å²) in [6.07, 6.45) is 7.35. The second-order valence-electron chi connectivity index (χ2n) is 4.83. The molecule has 1 heterocycles. The van der Waals surface area contributed by atoms with Crippen LogP contribution in [0, 0.1) is 0 Å². The predicted octanol–water partition coefficient (Wildman–Crippen LogP) is 1.32. The third-order valence-corrected chi connectivity index (χ3v) is 6.13. The molecule has 1 aliphatic rings.